The second-order valence-corrected chi connectivity index (χ2v) is 10.2. The number of aromatic nitrogens is 3. The molecule has 0 radical (unpaired) electrons. The molecule has 3 heterocycles. The first-order valence-corrected chi connectivity index (χ1v) is 13.6. The number of anilines is 3. The Labute approximate surface area is 224 Å². The van der Waals surface area contributed by atoms with E-state index in [0.29, 0.717) is 38.7 Å². The molecule has 0 saturated heterocycles. The summed E-state index contributed by atoms with van der Waals surface area (Å²) in [6.45, 7) is 1.96. The van der Waals surface area contributed by atoms with Crippen molar-refractivity contribution in [1.82, 2.24) is 15.0 Å². The second-order valence-electron chi connectivity index (χ2n) is 8.08. The van der Waals surface area contributed by atoms with E-state index in [1.165, 1.54) is 17.7 Å². The number of nitrogens with two attached hydrogens (primary N) is 2. The van der Waals surface area contributed by atoms with Crippen LogP contribution in [0, 0.1) is 6.92 Å². The number of hydrogen-bond acceptors (Lipinski definition) is 9. The maximum Gasteiger partial charge on any atom is 0.258 e. The van der Waals surface area contributed by atoms with Gasteiger partial charge in [0.25, 0.3) is 5.91 Å². The van der Waals surface area contributed by atoms with Crippen LogP contribution in [-0.2, 0) is 17.5 Å². The summed E-state index contributed by atoms with van der Waals surface area (Å²) in [5.74, 6) is 0.114. The van der Waals surface area contributed by atoms with Gasteiger partial charge in [0, 0.05) is 28.8 Å². The molecule has 0 spiro atoms. The molecule has 0 fully saturated rings. The molecule has 0 aliphatic carbocycles. The Balaban J connectivity index is 0.000000747. The molecule has 0 bridgehead atoms. The second kappa shape index (κ2) is 11.2. The molecule has 9 nitrogen and oxygen atoms in total. The zero-order chi connectivity index (χ0) is 26.7. The number of nitrogen functional groups attached to an aromatic ring is 2. The van der Waals surface area contributed by atoms with Crippen LogP contribution in [-0.4, -0.2) is 35.9 Å². The summed E-state index contributed by atoms with van der Waals surface area (Å²) in [6, 6.07) is 11.5. The monoisotopic (exact) mass is 553 g/mol. The van der Waals surface area contributed by atoms with E-state index in [0.717, 1.165) is 39.5 Å². The van der Waals surface area contributed by atoms with Crippen molar-refractivity contribution in [3.05, 3.63) is 81.7 Å². The van der Waals surface area contributed by atoms with Crippen LogP contribution in [0.1, 0.15) is 27.2 Å². The molecule has 12 heteroatoms. The normalized spacial score (nSPS) is 11.7. The Kier molecular flexibility index (Phi) is 7.98. The third-order valence-corrected chi connectivity index (χ3v) is 6.87. The number of carbonyl (C=O) groups excluding carboxylic acids is 1. The Bertz CT molecular complexity index is 1650. The lowest BCUT2D eigenvalue weighted by atomic mass is 10.00. The molecule has 0 aliphatic heterocycles. The number of nitrogens with zero attached hydrogens (tertiary/aromatic N) is 3. The van der Waals surface area contributed by atoms with Crippen LogP contribution >= 0.6 is 22.9 Å². The smallest absolute Gasteiger partial charge is 0.258 e. The van der Waals surface area contributed by atoms with E-state index >= 15 is 0 Å². The maximum atomic E-state index is 13.2. The van der Waals surface area contributed by atoms with Crippen molar-refractivity contribution in [3.8, 4) is 0 Å². The van der Waals surface area contributed by atoms with Crippen molar-refractivity contribution in [2.75, 3.05) is 23.0 Å². The molecule has 1 amide bonds. The summed E-state index contributed by atoms with van der Waals surface area (Å²) >= 11 is 5.55. The Morgan fingerprint density at radius 3 is 2.62 bits per heavy atom. The molecule has 3 aromatic heterocycles. The van der Waals surface area contributed by atoms with E-state index < -0.39 is 11.1 Å². The van der Waals surface area contributed by atoms with Crippen molar-refractivity contribution < 1.29 is 13.6 Å². The number of halogens is 1. The number of amides is 1. The molecule has 1 unspecified atom stereocenters. The van der Waals surface area contributed by atoms with Crippen molar-refractivity contribution in [3.63, 3.8) is 0 Å². The van der Waals surface area contributed by atoms with Crippen LogP contribution in [0.4, 0.5) is 17.2 Å². The topological polar surface area (TPSA) is 160 Å². The first-order valence-electron chi connectivity index (χ1n) is 10.9. The van der Waals surface area contributed by atoms with Gasteiger partial charge in [-0.15, -0.1) is 11.3 Å². The Morgan fingerprint density at radius 1 is 1.14 bits per heavy atom. The van der Waals surface area contributed by atoms with Gasteiger partial charge in [0.05, 0.1) is 37.9 Å². The Hall–Kier alpha value is -3.64. The number of thiophene rings is 1. The lowest BCUT2D eigenvalue weighted by Gasteiger charge is -2.14. The number of nitrogens with one attached hydrogen (secondary N) is 1. The lowest BCUT2D eigenvalue weighted by Crippen LogP contribution is -2.13. The summed E-state index contributed by atoms with van der Waals surface area (Å²) < 4.78 is 18.7. The van der Waals surface area contributed by atoms with E-state index in [9.17, 15) is 4.79 Å². The molecule has 0 aliphatic rings. The highest BCUT2D eigenvalue weighted by Crippen LogP contribution is 2.32. The van der Waals surface area contributed by atoms with E-state index in [4.69, 9.17) is 31.8 Å². The lowest BCUT2D eigenvalue weighted by molar-refractivity contribution is 0.102. The van der Waals surface area contributed by atoms with Gasteiger partial charge >= 0.3 is 0 Å². The number of pyridine rings is 1. The number of aryl methyl sites for hydroxylation is 1. The number of carbonyl (C=O) groups is 1. The molecular formula is C25H22ClN6O3S2-. The molecule has 1 atom stereocenters. The Morgan fingerprint density at radius 2 is 1.89 bits per heavy atom. The molecular weight excluding hydrogens is 532 g/mol. The fourth-order valence-corrected chi connectivity index (χ4v) is 4.86. The van der Waals surface area contributed by atoms with Crippen LogP contribution < -0.4 is 16.8 Å². The molecule has 0 saturated carbocycles. The molecule has 37 heavy (non-hydrogen) atoms. The average Bonchev–Trinajstić information content (AvgIpc) is 3.29. The van der Waals surface area contributed by atoms with Gasteiger partial charge in [-0.2, -0.15) is 0 Å². The van der Waals surface area contributed by atoms with E-state index in [1.807, 2.05) is 37.3 Å². The quantitative estimate of drug-likeness (QED) is 0.213. The SMILES string of the molecule is CS(=O)[O-].Cc1ccc2c(Cc3ccc(Cl)c(N)c3)nccc2c1NC(=O)c1csc2c(N)ncnc12. The van der Waals surface area contributed by atoms with Gasteiger partial charge in [-0.25, -0.2) is 9.97 Å². The first-order chi connectivity index (χ1) is 17.7. The van der Waals surface area contributed by atoms with Gasteiger partial charge in [0.15, 0.2) is 0 Å². The van der Waals surface area contributed by atoms with Crippen molar-refractivity contribution in [2.45, 2.75) is 13.3 Å². The zero-order valence-corrected chi connectivity index (χ0v) is 22.2. The van der Waals surface area contributed by atoms with Crippen molar-refractivity contribution >= 4 is 78.1 Å². The first kappa shape index (κ1) is 26.4. The third-order valence-electron chi connectivity index (χ3n) is 5.53. The van der Waals surface area contributed by atoms with E-state index in [-0.39, 0.29) is 5.91 Å². The summed E-state index contributed by atoms with van der Waals surface area (Å²) in [4.78, 5) is 26.0. The summed E-state index contributed by atoms with van der Waals surface area (Å²) in [6.07, 6.45) is 4.78. The van der Waals surface area contributed by atoms with Crippen LogP contribution in [0.25, 0.3) is 21.0 Å². The third kappa shape index (κ3) is 5.86. The minimum atomic E-state index is -1.86. The molecule has 5 aromatic rings. The van der Waals surface area contributed by atoms with Crippen LogP contribution in [0.3, 0.4) is 0 Å². The highest BCUT2D eigenvalue weighted by molar-refractivity contribution is 7.78. The molecule has 5 rings (SSSR count). The maximum absolute atomic E-state index is 13.2. The minimum Gasteiger partial charge on any atom is -0.773 e. The number of fused-ring (bicyclic) bond motifs is 2. The standard InChI is InChI=1S/C24H19ClN6OS.CH4O2S/c1-12-2-4-14-15(6-7-28-19(14)9-13-3-5-17(25)18(26)8-13)20(12)31-24(32)16-10-33-22-21(16)29-11-30-23(22)27;1-4(2)3/h2-8,10-11H,9,26H2,1H3,(H,31,32)(H2,27,29,30);1H3,(H,2,3)/p-1. The fourth-order valence-electron chi connectivity index (χ4n) is 3.84. The molecule has 5 N–H and O–H groups in total. The summed E-state index contributed by atoms with van der Waals surface area (Å²) in [5.41, 5.74) is 17.0. The number of benzene rings is 2. The highest BCUT2D eigenvalue weighted by Gasteiger charge is 2.18. The van der Waals surface area contributed by atoms with Crippen LogP contribution in [0.15, 0.2) is 54.3 Å². The van der Waals surface area contributed by atoms with Gasteiger partial charge in [-0.1, -0.05) is 40.9 Å². The van der Waals surface area contributed by atoms with Gasteiger partial charge in [0.1, 0.15) is 12.1 Å². The van der Waals surface area contributed by atoms with Gasteiger partial charge < -0.3 is 21.3 Å². The highest BCUT2D eigenvalue weighted by atomic mass is 35.5. The fraction of sp³-hybridized carbons (Fsp3) is 0.120. The molecule has 190 valence electrons. The predicted octanol–water partition coefficient (Wildman–Crippen LogP) is 4.70. The minimum absolute atomic E-state index is 0.251. The number of rotatable bonds is 4. The van der Waals surface area contributed by atoms with E-state index in [2.05, 4.69) is 20.3 Å². The van der Waals surface area contributed by atoms with Crippen molar-refractivity contribution in [1.29, 1.82) is 0 Å². The van der Waals surface area contributed by atoms with Gasteiger partial charge in [0.2, 0.25) is 0 Å². The van der Waals surface area contributed by atoms with E-state index in [1.54, 1.807) is 17.6 Å². The largest absolute Gasteiger partial charge is 0.773 e. The average molecular weight is 554 g/mol. The van der Waals surface area contributed by atoms with Gasteiger partial charge in [-0.05, 0) is 42.5 Å². The zero-order valence-electron chi connectivity index (χ0n) is 19.8. The predicted molar refractivity (Wildman–Crippen MR) is 150 cm³/mol. The van der Waals surface area contributed by atoms with Crippen LogP contribution in [0.2, 0.25) is 5.02 Å². The summed E-state index contributed by atoms with van der Waals surface area (Å²) in [5, 5.41) is 7.21. The van der Waals surface area contributed by atoms with Crippen molar-refractivity contribution in [2.24, 2.45) is 0 Å². The number of hydrogen-bond donors (Lipinski definition) is 3. The molecule has 2 aromatic carbocycles. The van der Waals surface area contributed by atoms with Gasteiger partial charge in [-0.3, -0.25) is 14.0 Å². The summed E-state index contributed by atoms with van der Waals surface area (Å²) in [7, 11) is 0. The van der Waals surface area contributed by atoms with Crippen LogP contribution in [0.5, 0.6) is 0 Å².